The molecule has 100 valence electrons. The Labute approximate surface area is 118 Å². The van der Waals surface area contributed by atoms with Gasteiger partial charge in [0.15, 0.2) is 12.4 Å². The zero-order valence-electron chi connectivity index (χ0n) is 11.5. The van der Waals surface area contributed by atoms with Crippen LogP contribution in [0.5, 0.6) is 5.75 Å². The molecule has 0 atom stereocenters. The number of carbonyl (C=O) groups is 1. The Morgan fingerprint density at radius 2 is 1.90 bits per heavy atom. The first-order valence-electron chi connectivity index (χ1n) is 6.34. The van der Waals surface area contributed by atoms with Gasteiger partial charge >= 0.3 is 0 Å². The average molecular weight is 265 g/mol. The van der Waals surface area contributed by atoms with Gasteiger partial charge in [-0.2, -0.15) is 5.26 Å². The van der Waals surface area contributed by atoms with Crippen molar-refractivity contribution in [3.05, 3.63) is 64.7 Å². The molecule has 2 aromatic carbocycles. The molecule has 0 unspecified atom stereocenters. The summed E-state index contributed by atoms with van der Waals surface area (Å²) in [5, 5.41) is 8.95. The third kappa shape index (κ3) is 3.04. The first-order chi connectivity index (χ1) is 9.61. The van der Waals surface area contributed by atoms with Crippen molar-refractivity contribution >= 4 is 5.78 Å². The zero-order valence-corrected chi connectivity index (χ0v) is 11.5. The van der Waals surface area contributed by atoms with Crippen molar-refractivity contribution in [3.8, 4) is 11.8 Å². The van der Waals surface area contributed by atoms with Crippen LogP contribution in [0.2, 0.25) is 0 Å². The van der Waals surface area contributed by atoms with Crippen LogP contribution in [0.25, 0.3) is 0 Å². The minimum atomic E-state index is -0.0964. The molecular formula is C17H15NO2. The number of ether oxygens (including phenoxy) is 1. The predicted molar refractivity (Wildman–Crippen MR) is 76.9 cm³/mol. The highest BCUT2D eigenvalue weighted by molar-refractivity contribution is 5.97. The van der Waals surface area contributed by atoms with Crippen molar-refractivity contribution in [3.63, 3.8) is 0 Å². The third-order valence-electron chi connectivity index (χ3n) is 3.20. The number of benzene rings is 2. The molecule has 0 N–H and O–H groups in total. The van der Waals surface area contributed by atoms with E-state index in [1.807, 2.05) is 32.0 Å². The van der Waals surface area contributed by atoms with Crippen LogP contribution in [0.15, 0.2) is 42.5 Å². The lowest BCUT2D eigenvalue weighted by Crippen LogP contribution is -2.12. The van der Waals surface area contributed by atoms with Crippen LogP contribution in [0.4, 0.5) is 0 Å². The van der Waals surface area contributed by atoms with Crippen molar-refractivity contribution < 1.29 is 9.53 Å². The molecule has 0 amide bonds. The first kappa shape index (κ1) is 13.8. The van der Waals surface area contributed by atoms with E-state index < -0.39 is 0 Å². The van der Waals surface area contributed by atoms with Gasteiger partial charge in [0.05, 0.1) is 5.56 Å². The summed E-state index contributed by atoms with van der Waals surface area (Å²) < 4.78 is 5.44. The van der Waals surface area contributed by atoms with Crippen molar-refractivity contribution in [2.75, 3.05) is 6.61 Å². The molecule has 0 bridgehead atoms. The van der Waals surface area contributed by atoms with Gasteiger partial charge in [0, 0.05) is 5.56 Å². The molecule has 0 aliphatic heterocycles. The van der Waals surface area contributed by atoms with Crippen LogP contribution < -0.4 is 4.74 Å². The van der Waals surface area contributed by atoms with Crippen molar-refractivity contribution in [1.29, 1.82) is 5.26 Å². The molecule has 0 spiro atoms. The van der Waals surface area contributed by atoms with E-state index in [4.69, 9.17) is 10.00 Å². The lowest BCUT2D eigenvalue weighted by Gasteiger charge is -2.08. The van der Waals surface area contributed by atoms with E-state index in [-0.39, 0.29) is 12.4 Å². The summed E-state index contributed by atoms with van der Waals surface area (Å²) in [5.74, 6) is 0.341. The molecule has 0 fully saturated rings. The van der Waals surface area contributed by atoms with Crippen molar-refractivity contribution in [1.82, 2.24) is 0 Å². The molecule has 0 heterocycles. The van der Waals surface area contributed by atoms with Gasteiger partial charge in [-0.15, -0.1) is 0 Å². The molecule has 2 aromatic rings. The Hall–Kier alpha value is -2.60. The minimum Gasteiger partial charge on any atom is -0.484 e. The molecule has 0 aliphatic carbocycles. The molecule has 0 aliphatic rings. The Kier molecular flexibility index (Phi) is 4.17. The Bertz CT molecular complexity index is 684. The number of nitriles is 1. The van der Waals surface area contributed by atoms with Crippen LogP contribution in [-0.2, 0) is 0 Å². The summed E-state index contributed by atoms with van der Waals surface area (Å²) in [6, 6.07) is 14.5. The van der Waals surface area contributed by atoms with Gasteiger partial charge < -0.3 is 4.74 Å². The van der Waals surface area contributed by atoms with Crippen LogP contribution in [0, 0.1) is 25.2 Å². The van der Waals surface area contributed by atoms with Crippen LogP contribution >= 0.6 is 0 Å². The molecule has 0 saturated heterocycles. The fraction of sp³-hybridized carbons (Fsp3) is 0.176. The minimum absolute atomic E-state index is 0.0683. The monoisotopic (exact) mass is 265 g/mol. The molecule has 2 rings (SSSR count). The summed E-state index contributed by atoms with van der Waals surface area (Å²) >= 11 is 0. The summed E-state index contributed by atoms with van der Waals surface area (Å²) in [7, 11) is 0. The molecular weight excluding hydrogens is 250 g/mol. The highest BCUT2D eigenvalue weighted by atomic mass is 16.5. The summed E-state index contributed by atoms with van der Waals surface area (Å²) in [4.78, 5) is 12.1. The second-order valence-corrected chi connectivity index (χ2v) is 4.62. The second kappa shape index (κ2) is 6.03. The fourth-order valence-corrected chi connectivity index (χ4v) is 1.83. The number of nitrogens with zero attached hydrogens (tertiary/aromatic N) is 1. The number of aryl methyl sites for hydroxylation is 2. The Morgan fingerprint density at radius 1 is 1.15 bits per heavy atom. The van der Waals surface area contributed by atoms with Gasteiger partial charge in [-0.05, 0) is 43.2 Å². The van der Waals surface area contributed by atoms with Gasteiger partial charge in [0.2, 0.25) is 0 Å². The first-order valence-corrected chi connectivity index (χ1v) is 6.34. The van der Waals surface area contributed by atoms with Gasteiger partial charge in [-0.25, -0.2) is 0 Å². The second-order valence-electron chi connectivity index (χ2n) is 4.62. The average Bonchev–Trinajstić information content (AvgIpc) is 2.47. The van der Waals surface area contributed by atoms with E-state index in [1.165, 1.54) is 0 Å². The lowest BCUT2D eigenvalue weighted by molar-refractivity contribution is 0.0921. The highest BCUT2D eigenvalue weighted by Gasteiger charge is 2.09. The standard InChI is InChI=1S/C17H15NO2/c1-12-7-8-14(9-13(12)2)16(19)11-20-17-6-4-3-5-15(17)10-18/h3-9H,11H2,1-2H3. The zero-order chi connectivity index (χ0) is 14.5. The van der Waals surface area contributed by atoms with E-state index in [1.54, 1.807) is 30.3 Å². The normalized spacial score (nSPS) is 9.85. The highest BCUT2D eigenvalue weighted by Crippen LogP contribution is 2.17. The molecule has 3 nitrogen and oxygen atoms in total. The van der Waals surface area contributed by atoms with Gasteiger partial charge in [0.25, 0.3) is 0 Å². The van der Waals surface area contributed by atoms with Gasteiger partial charge in [-0.3, -0.25) is 4.79 Å². The topological polar surface area (TPSA) is 50.1 Å². The van der Waals surface area contributed by atoms with E-state index in [0.29, 0.717) is 16.9 Å². The number of ketones is 1. The number of rotatable bonds is 4. The van der Waals surface area contributed by atoms with Crippen LogP contribution in [0.3, 0.4) is 0 Å². The lowest BCUT2D eigenvalue weighted by atomic mass is 10.0. The summed E-state index contributed by atoms with van der Waals surface area (Å²) in [5.41, 5.74) is 3.29. The van der Waals surface area contributed by atoms with Crippen molar-refractivity contribution in [2.24, 2.45) is 0 Å². The van der Waals surface area contributed by atoms with Crippen molar-refractivity contribution in [2.45, 2.75) is 13.8 Å². The number of Topliss-reactive ketones (excluding diaryl/α,β-unsaturated/α-hetero) is 1. The number of carbonyl (C=O) groups excluding carboxylic acids is 1. The SMILES string of the molecule is Cc1ccc(C(=O)COc2ccccc2C#N)cc1C. The van der Waals surface area contributed by atoms with E-state index in [2.05, 4.69) is 0 Å². The Morgan fingerprint density at radius 3 is 2.60 bits per heavy atom. The van der Waals surface area contributed by atoms with E-state index in [0.717, 1.165) is 11.1 Å². The molecule has 0 radical (unpaired) electrons. The molecule has 0 saturated carbocycles. The third-order valence-corrected chi connectivity index (χ3v) is 3.20. The van der Waals surface area contributed by atoms with Crippen LogP contribution in [-0.4, -0.2) is 12.4 Å². The van der Waals surface area contributed by atoms with E-state index in [9.17, 15) is 4.79 Å². The maximum atomic E-state index is 12.1. The number of hydrogen-bond donors (Lipinski definition) is 0. The summed E-state index contributed by atoms with van der Waals surface area (Å²) in [6.45, 7) is 3.91. The largest absolute Gasteiger partial charge is 0.484 e. The molecule has 0 aromatic heterocycles. The molecule has 3 heteroatoms. The summed E-state index contributed by atoms with van der Waals surface area (Å²) in [6.07, 6.45) is 0. The maximum absolute atomic E-state index is 12.1. The van der Waals surface area contributed by atoms with Gasteiger partial charge in [0.1, 0.15) is 11.8 Å². The smallest absolute Gasteiger partial charge is 0.200 e. The van der Waals surface area contributed by atoms with Crippen LogP contribution in [0.1, 0.15) is 27.0 Å². The molecule has 20 heavy (non-hydrogen) atoms. The van der Waals surface area contributed by atoms with Gasteiger partial charge in [-0.1, -0.05) is 24.3 Å². The number of hydrogen-bond acceptors (Lipinski definition) is 3. The Balaban J connectivity index is 2.09. The maximum Gasteiger partial charge on any atom is 0.200 e. The number of para-hydroxylation sites is 1. The fourth-order valence-electron chi connectivity index (χ4n) is 1.83. The predicted octanol–water partition coefficient (Wildman–Crippen LogP) is 3.44. The van der Waals surface area contributed by atoms with E-state index >= 15 is 0 Å². The quantitative estimate of drug-likeness (QED) is 0.796.